The van der Waals surface area contributed by atoms with E-state index in [1.165, 1.54) is 11.3 Å². The summed E-state index contributed by atoms with van der Waals surface area (Å²) in [6, 6.07) is 15.7. The maximum Gasteiger partial charge on any atom is 0.417 e. The van der Waals surface area contributed by atoms with Gasteiger partial charge in [-0.15, -0.1) is 22.7 Å². The quantitative estimate of drug-likeness (QED) is 0.349. The van der Waals surface area contributed by atoms with E-state index in [0.29, 0.717) is 20.7 Å². The van der Waals surface area contributed by atoms with Gasteiger partial charge in [-0.3, -0.25) is 5.73 Å². The summed E-state index contributed by atoms with van der Waals surface area (Å²) in [6.07, 6.45) is -4.59. The van der Waals surface area contributed by atoms with Crippen LogP contribution < -0.4 is 10.7 Å². The van der Waals surface area contributed by atoms with Crippen molar-refractivity contribution in [2.24, 2.45) is 0 Å². The van der Waals surface area contributed by atoms with E-state index in [4.69, 9.17) is 5.73 Å². The minimum Gasteiger partial charge on any atom is -0.286 e. The first kappa shape index (κ1) is 19.5. The van der Waals surface area contributed by atoms with Crippen LogP contribution in [0.3, 0.4) is 0 Å². The first-order chi connectivity index (χ1) is 14.9. The molecule has 4 aromatic heterocycles. The van der Waals surface area contributed by atoms with E-state index in [0.717, 1.165) is 17.4 Å². The van der Waals surface area contributed by atoms with Gasteiger partial charge in [-0.25, -0.2) is 9.97 Å². The van der Waals surface area contributed by atoms with Gasteiger partial charge in [0, 0.05) is 5.56 Å². The molecule has 3 N–H and O–H groups in total. The van der Waals surface area contributed by atoms with Gasteiger partial charge >= 0.3 is 6.18 Å². The molecule has 5 rings (SSSR count). The number of nitrogens with zero attached hydrogens (tertiary/aromatic N) is 2. The van der Waals surface area contributed by atoms with Crippen LogP contribution in [0.1, 0.15) is 11.1 Å². The number of hydrogen-bond donors (Lipinski definition) is 1. The van der Waals surface area contributed by atoms with Crippen LogP contribution >= 0.6 is 22.7 Å². The average molecular weight is 453 g/mol. The number of H-pyrrole nitrogens is 1. The third kappa shape index (κ3) is 3.12. The molecule has 0 bridgehead atoms. The Morgan fingerprint density at radius 3 is 2.52 bits per heavy atom. The van der Waals surface area contributed by atoms with Crippen molar-refractivity contribution in [2.45, 2.75) is 6.18 Å². The number of nitrogen functional groups attached to an aromatic ring is 1. The van der Waals surface area contributed by atoms with Crippen molar-refractivity contribution in [1.29, 1.82) is 5.26 Å². The van der Waals surface area contributed by atoms with Gasteiger partial charge in [0.2, 0.25) is 0 Å². The minimum atomic E-state index is -4.59. The molecule has 0 saturated heterocycles. The Morgan fingerprint density at radius 2 is 1.87 bits per heavy atom. The molecule has 0 amide bonds. The van der Waals surface area contributed by atoms with Gasteiger partial charge in [0.05, 0.1) is 26.2 Å². The summed E-state index contributed by atoms with van der Waals surface area (Å²) in [5.41, 5.74) is 7.17. The Labute approximate surface area is 182 Å². The molecule has 1 aromatic carbocycles. The number of pyridine rings is 2. The van der Waals surface area contributed by atoms with Crippen LogP contribution in [-0.4, -0.2) is 4.98 Å². The summed E-state index contributed by atoms with van der Waals surface area (Å²) < 4.78 is 42.8. The maximum atomic E-state index is 14.1. The molecule has 0 radical (unpaired) electrons. The van der Waals surface area contributed by atoms with E-state index in [2.05, 4.69) is 16.0 Å². The monoisotopic (exact) mass is 453 g/mol. The molecule has 5 aromatic rings. The Kier molecular flexibility index (Phi) is 4.43. The fraction of sp³-hybridized carbons (Fsp3) is 0.0455. The van der Waals surface area contributed by atoms with E-state index in [9.17, 15) is 18.4 Å². The van der Waals surface area contributed by atoms with E-state index < -0.39 is 11.7 Å². The molecule has 31 heavy (non-hydrogen) atoms. The summed E-state index contributed by atoms with van der Waals surface area (Å²) in [4.78, 5) is 8.25. The Bertz CT molecular complexity index is 1480. The molecular weight excluding hydrogens is 441 g/mol. The Hall–Kier alpha value is -3.48. The number of fused-ring (bicyclic) bond motifs is 3. The van der Waals surface area contributed by atoms with Gasteiger partial charge in [-0.2, -0.15) is 18.4 Å². The number of nitriles is 1. The molecule has 4 nitrogen and oxygen atoms in total. The smallest absolute Gasteiger partial charge is 0.286 e. The number of thiophene rings is 2. The first-order valence-electron chi connectivity index (χ1n) is 9.07. The fourth-order valence-corrected chi connectivity index (χ4v) is 5.52. The standard InChI is InChI=1S/C22H11F3N4S2/c23-22(24,25)13-9-14(15-7-4-8-30-15)28-21-17(13)18-19(31-21)16(11-5-2-1-3-6-11)12(10-26)20(27)29-18/h1-9H,(H2,27,29)/p+1. The Morgan fingerprint density at radius 1 is 1.10 bits per heavy atom. The molecule has 0 spiro atoms. The van der Waals surface area contributed by atoms with Crippen molar-refractivity contribution in [3.8, 4) is 27.8 Å². The zero-order chi connectivity index (χ0) is 21.8. The fourth-order valence-electron chi connectivity index (χ4n) is 3.61. The lowest BCUT2D eigenvalue weighted by Crippen LogP contribution is -2.15. The van der Waals surface area contributed by atoms with Gasteiger partial charge in [0.1, 0.15) is 16.5 Å². The number of halogens is 3. The second kappa shape index (κ2) is 7.04. The minimum absolute atomic E-state index is 0.0176. The molecule has 0 saturated carbocycles. The number of benzene rings is 1. The molecule has 0 aliphatic rings. The summed E-state index contributed by atoms with van der Waals surface area (Å²) in [5, 5.41) is 11.5. The average Bonchev–Trinajstić information content (AvgIpc) is 3.40. The number of anilines is 1. The SMILES string of the molecule is N#Cc1c(N)[nH+]c2c(sc3nc(-c4cccs4)cc(C(F)(F)F)c32)c1-c1ccccc1. The van der Waals surface area contributed by atoms with Gasteiger partial charge in [-0.05, 0) is 23.1 Å². The predicted octanol–water partition coefficient (Wildman–Crippen LogP) is 6.13. The summed E-state index contributed by atoms with van der Waals surface area (Å²) in [5.74, 6) is 0.0176. The number of nitrogens with two attached hydrogens (primary N) is 1. The second-order valence-corrected chi connectivity index (χ2v) is 8.73. The van der Waals surface area contributed by atoms with Gasteiger partial charge in [0.15, 0.2) is 5.52 Å². The number of aromatic nitrogens is 2. The molecule has 0 atom stereocenters. The van der Waals surface area contributed by atoms with Crippen LogP contribution in [0, 0.1) is 11.3 Å². The summed E-state index contributed by atoms with van der Waals surface area (Å²) in [6.45, 7) is 0. The van der Waals surface area contributed by atoms with Crippen LogP contribution in [-0.2, 0) is 6.18 Å². The maximum absolute atomic E-state index is 14.1. The van der Waals surface area contributed by atoms with Crippen molar-refractivity contribution < 1.29 is 18.2 Å². The lowest BCUT2D eigenvalue weighted by molar-refractivity contribution is -0.325. The van der Waals surface area contributed by atoms with Crippen LogP contribution in [0.2, 0.25) is 0 Å². The highest BCUT2D eigenvalue weighted by Gasteiger charge is 2.37. The van der Waals surface area contributed by atoms with Crippen LogP contribution in [0.4, 0.5) is 19.0 Å². The van der Waals surface area contributed by atoms with Gasteiger partial charge < -0.3 is 0 Å². The van der Waals surface area contributed by atoms with Crippen molar-refractivity contribution in [1.82, 2.24) is 4.98 Å². The molecule has 0 aliphatic carbocycles. The third-order valence-electron chi connectivity index (χ3n) is 4.92. The Balaban J connectivity index is 1.97. The van der Waals surface area contributed by atoms with Gasteiger partial charge in [0.25, 0.3) is 5.82 Å². The number of alkyl halides is 3. The molecular formula is C22H12F3N4S2+. The van der Waals surface area contributed by atoms with Crippen molar-refractivity contribution in [2.75, 3.05) is 5.73 Å². The van der Waals surface area contributed by atoms with E-state index >= 15 is 0 Å². The second-order valence-electron chi connectivity index (χ2n) is 6.78. The zero-order valence-electron chi connectivity index (χ0n) is 15.6. The normalized spacial score (nSPS) is 11.8. The van der Waals surface area contributed by atoms with Crippen molar-refractivity contribution >= 4 is 48.9 Å². The molecule has 4 heterocycles. The highest BCUT2D eigenvalue weighted by molar-refractivity contribution is 7.26. The van der Waals surface area contributed by atoms with E-state index in [1.54, 1.807) is 41.8 Å². The molecule has 0 aliphatic heterocycles. The largest absolute Gasteiger partial charge is 0.417 e. The third-order valence-corrected chi connectivity index (χ3v) is 6.91. The molecule has 152 valence electrons. The number of nitrogens with one attached hydrogen (secondary N) is 1. The lowest BCUT2D eigenvalue weighted by atomic mass is 9.99. The highest BCUT2D eigenvalue weighted by atomic mass is 32.1. The number of rotatable bonds is 2. The van der Waals surface area contributed by atoms with Crippen LogP contribution in [0.15, 0.2) is 53.9 Å². The van der Waals surface area contributed by atoms with Crippen molar-refractivity contribution in [3.63, 3.8) is 0 Å². The predicted molar refractivity (Wildman–Crippen MR) is 117 cm³/mol. The molecule has 0 fully saturated rings. The zero-order valence-corrected chi connectivity index (χ0v) is 17.3. The topological polar surface area (TPSA) is 76.8 Å². The van der Waals surface area contributed by atoms with E-state index in [-0.39, 0.29) is 32.8 Å². The number of aromatic amines is 1. The molecule has 0 unspecified atom stereocenters. The highest BCUT2D eigenvalue weighted by Crippen LogP contribution is 2.45. The number of hydrogen-bond acceptors (Lipinski definition) is 5. The summed E-state index contributed by atoms with van der Waals surface area (Å²) >= 11 is 2.44. The lowest BCUT2D eigenvalue weighted by Gasteiger charge is -2.10. The molecule has 9 heteroatoms. The van der Waals surface area contributed by atoms with Gasteiger partial charge in [-0.1, -0.05) is 36.4 Å². The van der Waals surface area contributed by atoms with Crippen LogP contribution in [0.5, 0.6) is 0 Å². The van der Waals surface area contributed by atoms with Crippen LogP contribution in [0.25, 0.3) is 42.1 Å². The van der Waals surface area contributed by atoms with Crippen molar-refractivity contribution in [3.05, 3.63) is 65.0 Å². The summed E-state index contributed by atoms with van der Waals surface area (Å²) in [7, 11) is 0. The first-order valence-corrected chi connectivity index (χ1v) is 10.8. The van der Waals surface area contributed by atoms with E-state index in [1.807, 2.05) is 6.07 Å².